The van der Waals surface area contributed by atoms with Gasteiger partial charge in [-0.15, -0.1) is 0 Å². The molecule has 2 aliphatic rings. The van der Waals surface area contributed by atoms with E-state index in [1.807, 2.05) is 4.90 Å². The first-order valence-electron chi connectivity index (χ1n) is 9.46. The number of likely N-dealkylation sites (tertiary alicyclic amines) is 2. The Labute approximate surface area is 149 Å². The second-order valence-electron chi connectivity index (χ2n) is 7.53. The maximum atomic E-state index is 13.3. The van der Waals surface area contributed by atoms with Gasteiger partial charge in [0, 0.05) is 32.6 Å². The van der Waals surface area contributed by atoms with Crippen LogP contribution in [0.3, 0.4) is 0 Å². The highest BCUT2D eigenvalue weighted by Crippen LogP contribution is 2.26. The molecule has 1 unspecified atom stereocenters. The first-order valence-corrected chi connectivity index (χ1v) is 9.46. The summed E-state index contributed by atoms with van der Waals surface area (Å²) >= 11 is 0. The molecule has 0 N–H and O–H groups in total. The molecule has 1 aromatic carbocycles. The van der Waals surface area contributed by atoms with E-state index in [2.05, 4.69) is 4.90 Å². The van der Waals surface area contributed by atoms with Crippen LogP contribution in [0.2, 0.25) is 0 Å². The zero-order chi connectivity index (χ0) is 17.8. The highest BCUT2D eigenvalue weighted by atomic mass is 19.2. The molecule has 2 saturated heterocycles. The summed E-state index contributed by atoms with van der Waals surface area (Å²) in [6.45, 7) is 5.63. The van der Waals surface area contributed by atoms with E-state index in [9.17, 15) is 13.6 Å². The lowest BCUT2D eigenvalue weighted by Crippen LogP contribution is -2.49. The third-order valence-corrected chi connectivity index (χ3v) is 5.80. The molecule has 3 nitrogen and oxygen atoms in total. The van der Waals surface area contributed by atoms with Gasteiger partial charge in [-0.3, -0.25) is 9.69 Å². The molecule has 2 fully saturated rings. The highest BCUT2D eigenvalue weighted by Gasteiger charge is 2.29. The number of carbonyl (C=O) groups is 1. The topological polar surface area (TPSA) is 23.6 Å². The van der Waals surface area contributed by atoms with Gasteiger partial charge in [-0.1, -0.05) is 6.07 Å². The van der Waals surface area contributed by atoms with Gasteiger partial charge in [-0.25, -0.2) is 8.78 Å². The molecule has 2 heterocycles. The summed E-state index contributed by atoms with van der Waals surface area (Å²) in [5.41, 5.74) is 0.880. The maximum Gasteiger partial charge on any atom is 0.219 e. The van der Waals surface area contributed by atoms with Gasteiger partial charge in [0.25, 0.3) is 0 Å². The second-order valence-corrected chi connectivity index (χ2v) is 7.53. The van der Waals surface area contributed by atoms with Crippen molar-refractivity contribution in [1.29, 1.82) is 0 Å². The molecule has 0 aliphatic carbocycles. The van der Waals surface area contributed by atoms with Crippen molar-refractivity contribution in [3.05, 3.63) is 35.4 Å². The standard InChI is InChI=1S/C20H28F2N2O/c1-15(25)23-11-8-18(9-12-23)24-10-2-3-17(14-24)5-4-16-6-7-19(21)20(22)13-16/h6-7,13,17-18H,2-5,8-12,14H2,1H3. The van der Waals surface area contributed by atoms with E-state index in [1.165, 1.54) is 25.0 Å². The quantitative estimate of drug-likeness (QED) is 0.828. The van der Waals surface area contributed by atoms with E-state index in [1.54, 1.807) is 13.0 Å². The number of hydrogen-bond donors (Lipinski definition) is 0. The van der Waals surface area contributed by atoms with Crippen LogP contribution >= 0.6 is 0 Å². The number of aryl methyl sites for hydroxylation is 1. The molecule has 5 heteroatoms. The van der Waals surface area contributed by atoms with E-state index >= 15 is 0 Å². The van der Waals surface area contributed by atoms with Crippen molar-refractivity contribution >= 4 is 5.91 Å². The average Bonchev–Trinajstić information content (AvgIpc) is 2.63. The minimum absolute atomic E-state index is 0.182. The van der Waals surface area contributed by atoms with Gasteiger partial charge in [0.05, 0.1) is 0 Å². The molecular formula is C20H28F2N2O. The molecule has 3 rings (SSSR count). The first kappa shape index (κ1) is 18.3. The number of amides is 1. The van der Waals surface area contributed by atoms with Crippen LogP contribution < -0.4 is 0 Å². The number of nitrogens with zero attached hydrogens (tertiary/aromatic N) is 2. The SMILES string of the molecule is CC(=O)N1CCC(N2CCCC(CCc3ccc(F)c(F)c3)C2)CC1. The number of carbonyl (C=O) groups excluding carboxylic acids is 1. The Balaban J connectivity index is 1.48. The summed E-state index contributed by atoms with van der Waals surface area (Å²) in [4.78, 5) is 16.0. The van der Waals surface area contributed by atoms with Crippen LogP contribution in [-0.2, 0) is 11.2 Å². The highest BCUT2D eigenvalue weighted by molar-refractivity contribution is 5.73. The van der Waals surface area contributed by atoms with E-state index in [0.29, 0.717) is 12.0 Å². The van der Waals surface area contributed by atoms with Gasteiger partial charge in [0.1, 0.15) is 0 Å². The van der Waals surface area contributed by atoms with Crippen molar-refractivity contribution < 1.29 is 13.6 Å². The van der Waals surface area contributed by atoms with Crippen LogP contribution in [0, 0.1) is 17.6 Å². The van der Waals surface area contributed by atoms with Crippen LogP contribution in [0.1, 0.15) is 44.6 Å². The lowest BCUT2D eigenvalue weighted by Gasteiger charge is -2.42. The number of rotatable bonds is 4. The number of piperidine rings is 2. The number of hydrogen-bond acceptors (Lipinski definition) is 2. The Kier molecular flexibility index (Phi) is 6.05. The normalized spacial score (nSPS) is 23.0. The molecule has 25 heavy (non-hydrogen) atoms. The fourth-order valence-electron chi connectivity index (χ4n) is 4.28. The number of benzene rings is 1. The van der Waals surface area contributed by atoms with Crippen LogP contribution in [0.25, 0.3) is 0 Å². The summed E-state index contributed by atoms with van der Waals surface area (Å²) < 4.78 is 26.3. The van der Waals surface area contributed by atoms with Gasteiger partial charge >= 0.3 is 0 Å². The molecule has 0 bridgehead atoms. The van der Waals surface area contributed by atoms with Gasteiger partial charge < -0.3 is 4.90 Å². The van der Waals surface area contributed by atoms with Crippen molar-refractivity contribution in [2.24, 2.45) is 5.92 Å². The van der Waals surface area contributed by atoms with E-state index in [0.717, 1.165) is 57.4 Å². The van der Waals surface area contributed by atoms with Gasteiger partial charge in [0.15, 0.2) is 11.6 Å². The van der Waals surface area contributed by atoms with Crippen LogP contribution in [0.15, 0.2) is 18.2 Å². The third-order valence-electron chi connectivity index (χ3n) is 5.80. The fourth-order valence-corrected chi connectivity index (χ4v) is 4.28. The lowest BCUT2D eigenvalue weighted by molar-refractivity contribution is -0.130. The van der Waals surface area contributed by atoms with Crippen LogP contribution in [0.5, 0.6) is 0 Å². The Morgan fingerprint density at radius 1 is 1.12 bits per heavy atom. The minimum atomic E-state index is -0.774. The van der Waals surface area contributed by atoms with Crippen molar-refractivity contribution in [2.75, 3.05) is 26.2 Å². The molecule has 0 saturated carbocycles. The van der Waals surface area contributed by atoms with Crippen molar-refractivity contribution in [2.45, 2.75) is 51.5 Å². The van der Waals surface area contributed by atoms with E-state index < -0.39 is 11.6 Å². The number of halogens is 2. The van der Waals surface area contributed by atoms with Crippen molar-refractivity contribution in [3.8, 4) is 0 Å². The fraction of sp³-hybridized carbons (Fsp3) is 0.650. The largest absolute Gasteiger partial charge is 0.343 e. The molecule has 0 radical (unpaired) electrons. The van der Waals surface area contributed by atoms with Gasteiger partial charge in [-0.05, 0) is 68.7 Å². The molecule has 0 aromatic heterocycles. The van der Waals surface area contributed by atoms with Crippen LogP contribution in [-0.4, -0.2) is 47.9 Å². The van der Waals surface area contributed by atoms with Gasteiger partial charge in [-0.2, -0.15) is 0 Å². The zero-order valence-corrected chi connectivity index (χ0v) is 15.0. The molecule has 138 valence electrons. The maximum absolute atomic E-state index is 13.3. The van der Waals surface area contributed by atoms with Crippen molar-refractivity contribution in [1.82, 2.24) is 9.80 Å². The molecule has 0 spiro atoms. The second kappa shape index (κ2) is 8.26. The molecule has 2 aliphatic heterocycles. The monoisotopic (exact) mass is 350 g/mol. The third kappa shape index (κ3) is 4.78. The zero-order valence-electron chi connectivity index (χ0n) is 15.0. The van der Waals surface area contributed by atoms with Crippen LogP contribution in [0.4, 0.5) is 8.78 Å². The van der Waals surface area contributed by atoms with Crippen molar-refractivity contribution in [3.63, 3.8) is 0 Å². The average molecular weight is 350 g/mol. The molecule has 1 amide bonds. The Morgan fingerprint density at radius 2 is 1.88 bits per heavy atom. The summed E-state index contributed by atoms with van der Waals surface area (Å²) in [5, 5.41) is 0. The smallest absolute Gasteiger partial charge is 0.219 e. The Bertz CT molecular complexity index is 599. The predicted octanol–water partition coefficient (Wildman–Crippen LogP) is 3.62. The lowest BCUT2D eigenvalue weighted by atomic mass is 9.89. The predicted molar refractivity (Wildman–Crippen MR) is 94.3 cm³/mol. The minimum Gasteiger partial charge on any atom is -0.343 e. The molecular weight excluding hydrogens is 322 g/mol. The summed E-state index contributed by atoms with van der Waals surface area (Å²) in [6.07, 6.45) is 6.37. The Morgan fingerprint density at radius 3 is 2.56 bits per heavy atom. The van der Waals surface area contributed by atoms with Gasteiger partial charge in [0.2, 0.25) is 5.91 Å². The van der Waals surface area contributed by atoms with E-state index in [4.69, 9.17) is 0 Å². The summed E-state index contributed by atoms with van der Waals surface area (Å²) in [6, 6.07) is 4.83. The molecule has 1 atom stereocenters. The summed E-state index contributed by atoms with van der Waals surface area (Å²) in [7, 11) is 0. The van der Waals surface area contributed by atoms with E-state index in [-0.39, 0.29) is 5.91 Å². The Hall–Kier alpha value is -1.49. The first-order chi connectivity index (χ1) is 12.0. The molecule has 1 aromatic rings. The summed E-state index contributed by atoms with van der Waals surface area (Å²) in [5.74, 6) is -0.723.